The molecule has 7 heteroatoms. The zero-order valence-electron chi connectivity index (χ0n) is 17.0. The van der Waals surface area contributed by atoms with Crippen LogP contribution in [0.4, 0.5) is 0 Å². The minimum absolute atomic E-state index is 0.0290. The smallest absolute Gasteiger partial charge is 0.196 e. The first-order chi connectivity index (χ1) is 14.5. The topological polar surface area (TPSA) is 60.8 Å². The largest absolute Gasteiger partial charge is 0.497 e. The van der Waals surface area contributed by atoms with E-state index in [1.165, 1.54) is 16.9 Å². The molecule has 154 valence electrons. The number of rotatable bonds is 6. The Labute approximate surface area is 184 Å². The Balaban J connectivity index is 1.56. The van der Waals surface area contributed by atoms with E-state index in [-0.39, 0.29) is 12.3 Å². The van der Waals surface area contributed by atoms with Gasteiger partial charge in [0, 0.05) is 10.7 Å². The van der Waals surface area contributed by atoms with Gasteiger partial charge in [-0.25, -0.2) is 4.98 Å². The lowest BCUT2D eigenvalue weighted by molar-refractivity contribution is 0.100. The van der Waals surface area contributed by atoms with E-state index in [1.54, 1.807) is 26.4 Å². The molecule has 1 aliphatic rings. The SMILES string of the molecule is COc1ccc2c(c1)CCC2=NCC(=O)c1sc(-c2ccc(Cl)cc2OC)nc1C. The standard InChI is InChI=1S/C23H21ClN2O3S/c1-13-22(30-23(26-13)18-7-5-15(24)11-21(18)29-3)20(27)12-25-19-9-4-14-10-16(28-2)6-8-17(14)19/h5-8,10-11H,4,9,12H2,1-3H3. The van der Waals surface area contributed by atoms with Crippen LogP contribution in [0.15, 0.2) is 41.4 Å². The van der Waals surface area contributed by atoms with Gasteiger partial charge in [-0.05, 0) is 67.3 Å². The van der Waals surface area contributed by atoms with Gasteiger partial charge in [-0.2, -0.15) is 0 Å². The number of halogens is 1. The van der Waals surface area contributed by atoms with Crippen LogP contribution in [0.3, 0.4) is 0 Å². The van der Waals surface area contributed by atoms with Crippen LogP contribution in [-0.2, 0) is 6.42 Å². The lowest BCUT2D eigenvalue weighted by Gasteiger charge is -2.05. The van der Waals surface area contributed by atoms with E-state index in [4.69, 9.17) is 21.1 Å². The molecule has 0 atom stereocenters. The van der Waals surface area contributed by atoms with E-state index >= 15 is 0 Å². The highest BCUT2D eigenvalue weighted by molar-refractivity contribution is 7.17. The number of nitrogens with zero attached hydrogens (tertiary/aromatic N) is 2. The van der Waals surface area contributed by atoms with Crippen molar-refractivity contribution >= 4 is 34.4 Å². The number of carbonyl (C=O) groups is 1. The summed E-state index contributed by atoms with van der Waals surface area (Å²) in [5, 5.41) is 1.32. The molecule has 0 N–H and O–H groups in total. The molecule has 0 fully saturated rings. The molecular weight excluding hydrogens is 420 g/mol. The third-order valence-electron chi connectivity index (χ3n) is 5.11. The summed E-state index contributed by atoms with van der Waals surface area (Å²) >= 11 is 7.41. The summed E-state index contributed by atoms with van der Waals surface area (Å²) in [6.07, 6.45) is 1.75. The van der Waals surface area contributed by atoms with E-state index < -0.39 is 0 Å². The zero-order valence-corrected chi connectivity index (χ0v) is 18.6. The van der Waals surface area contributed by atoms with E-state index in [1.807, 2.05) is 31.2 Å². The van der Waals surface area contributed by atoms with Gasteiger partial charge in [0.1, 0.15) is 23.1 Å². The molecule has 2 aromatic carbocycles. The molecule has 0 saturated heterocycles. The maximum Gasteiger partial charge on any atom is 0.196 e. The van der Waals surface area contributed by atoms with Crippen molar-refractivity contribution in [3.05, 3.63) is 63.1 Å². The van der Waals surface area contributed by atoms with E-state index in [9.17, 15) is 4.79 Å². The predicted octanol–water partition coefficient (Wildman–Crippen LogP) is 5.41. The maximum atomic E-state index is 12.9. The first kappa shape index (κ1) is 20.6. The summed E-state index contributed by atoms with van der Waals surface area (Å²) in [5.74, 6) is 1.45. The highest BCUT2D eigenvalue weighted by Gasteiger charge is 2.21. The number of ketones is 1. The summed E-state index contributed by atoms with van der Waals surface area (Å²) in [6, 6.07) is 11.4. The van der Waals surface area contributed by atoms with Gasteiger partial charge in [0.05, 0.1) is 30.4 Å². The van der Waals surface area contributed by atoms with Crippen molar-refractivity contribution in [2.45, 2.75) is 19.8 Å². The second-order valence-electron chi connectivity index (χ2n) is 6.99. The van der Waals surface area contributed by atoms with Crippen LogP contribution in [0, 0.1) is 6.92 Å². The number of ether oxygens (including phenoxy) is 2. The molecule has 30 heavy (non-hydrogen) atoms. The minimum atomic E-state index is -0.0290. The van der Waals surface area contributed by atoms with Crippen molar-refractivity contribution in [3.8, 4) is 22.1 Å². The number of hydrogen-bond donors (Lipinski definition) is 0. The number of methoxy groups -OCH3 is 2. The van der Waals surface area contributed by atoms with Crippen molar-refractivity contribution in [2.24, 2.45) is 4.99 Å². The number of thiazole rings is 1. The number of aryl methyl sites for hydroxylation is 2. The Morgan fingerprint density at radius 2 is 1.93 bits per heavy atom. The second kappa shape index (κ2) is 8.58. The second-order valence-corrected chi connectivity index (χ2v) is 8.42. The van der Waals surface area contributed by atoms with Crippen molar-refractivity contribution in [2.75, 3.05) is 20.8 Å². The van der Waals surface area contributed by atoms with Crippen LogP contribution in [0.2, 0.25) is 5.02 Å². The number of Topliss-reactive ketones (excluding diaryl/α,β-unsaturated/α-hetero) is 1. The third-order valence-corrected chi connectivity index (χ3v) is 6.58. The molecule has 0 radical (unpaired) electrons. The number of aliphatic imine (C=N–C) groups is 1. The quantitative estimate of drug-likeness (QED) is 0.481. The Kier molecular flexibility index (Phi) is 5.88. The van der Waals surface area contributed by atoms with Crippen molar-refractivity contribution in [1.29, 1.82) is 0 Å². The van der Waals surface area contributed by atoms with Gasteiger partial charge in [-0.1, -0.05) is 11.6 Å². The molecule has 0 bridgehead atoms. The van der Waals surface area contributed by atoms with Gasteiger partial charge in [0.15, 0.2) is 5.78 Å². The highest BCUT2D eigenvalue weighted by Crippen LogP contribution is 2.36. The molecule has 0 aliphatic heterocycles. The Morgan fingerprint density at radius 3 is 2.70 bits per heavy atom. The zero-order chi connectivity index (χ0) is 21.3. The lowest BCUT2D eigenvalue weighted by Crippen LogP contribution is -2.06. The van der Waals surface area contributed by atoms with Crippen LogP contribution >= 0.6 is 22.9 Å². The number of hydrogen-bond acceptors (Lipinski definition) is 6. The summed E-state index contributed by atoms with van der Waals surface area (Å²) < 4.78 is 10.7. The van der Waals surface area contributed by atoms with Crippen molar-refractivity contribution < 1.29 is 14.3 Å². The summed E-state index contributed by atoms with van der Waals surface area (Å²) in [6.45, 7) is 1.96. The summed E-state index contributed by atoms with van der Waals surface area (Å²) in [7, 11) is 3.25. The molecule has 1 heterocycles. The van der Waals surface area contributed by atoms with Crippen LogP contribution in [0.5, 0.6) is 11.5 Å². The molecule has 3 aromatic rings. The van der Waals surface area contributed by atoms with Crippen LogP contribution in [0.1, 0.15) is 32.9 Å². The van der Waals surface area contributed by atoms with Crippen LogP contribution in [0.25, 0.3) is 10.6 Å². The molecule has 0 amide bonds. The highest BCUT2D eigenvalue weighted by atomic mass is 35.5. The fourth-order valence-electron chi connectivity index (χ4n) is 3.59. The fourth-order valence-corrected chi connectivity index (χ4v) is 4.78. The third kappa shape index (κ3) is 3.98. The van der Waals surface area contributed by atoms with Gasteiger partial charge in [0.25, 0.3) is 0 Å². The number of benzene rings is 2. The average Bonchev–Trinajstić information content (AvgIpc) is 3.34. The van der Waals surface area contributed by atoms with Gasteiger partial charge in [-0.15, -0.1) is 11.3 Å². The van der Waals surface area contributed by atoms with Gasteiger partial charge >= 0.3 is 0 Å². The van der Waals surface area contributed by atoms with Crippen molar-refractivity contribution in [1.82, 2.24) is 4.98 Å². The van der Waals surface area contributed by atoms with E-state index in [2.05, 4.69) is 9.98 Å². The Bertz CT molecular complexity index is 1150. The first-order valence-electron chi connectivity index (χ1n) is 9.55. The number of fused-ring (bicyclic) bond motifs is 1. The van der Waals surface area contributed by atoms with Crippen molar-refractivity contribution in [3.63, 3.8) is 0 Å². The molecular formula is C23H21ClN2O3S. The predicted molar refractivity (Wildman–Crippen MR) is 121 cm³/mol. The van der Waals surface area contributed by atoms with Gasteiger partial charge in [0.2, 0.25) is 0 Å². The first-order valence-corrected chi connectivity index (χ1v) is 10.7. The van der Waals surface area contributed by atoms with Gasteiger partial charge in [-0.3, -0.25) is 9.79 Å². The monoisotopic (exact) mass is 440 g/mol. The lowest BCUT2D eigenvalue weighted by atomic mass is 10.1. The molecule has 0 saturated carbocycles. The summed E-state index contributed by atoms with van der Waals surface area (Å²) in [5.41, 5.74) is 4.82. The Morgan fingerprint density at radius 1 is 1.13 bits per heavy atom. The molecule has 0 unspecified atom stereocenters. The van der Waals surface area contributed by atoms with Crippen LogP contribution in [-0.4, -0.2) is 37.2 Å². The maximum absolute atomic E-state index is 12.9. The normalized spacial score (nSPS) is 14.1. The van der Waals surface area contributed by atoms with Crippen LogP contribution < -0.4 is 9.47 Å². The van der Waals surface area contributed by atoms with E-state index in [0.717, 1.165) is 40.4 Å². The molecule has 4 rings (SSSR count). The van der Waals surface area contributed by atoms with Gasteiger partial charge < -0.3 is 9.47 Å². The number of aromatic nitrogens is 1. The molecule has 5 nitrogen and oxygen atoms in total. The molecule has 0 spiro atoms. The average molecular weight is 441 g/mol. The summed E-state index contributed by atoms with van der Waals surface area (Å²) in [4.78, 5) is 22.7. The fraction of sp³-hybridized carbons (Fsp3) is 0.261. The van der Waals surface area contributed by atoms with E-state index in [0.29, 0.717) is 21.3 Å². The number of carbonyl (C=O) groups excluding carboxylic acids is 1. The molecule has 1 aromatic heterocycles. The minimum Gasteiger partial charge on any atom is -0.497 e. The molecule has 1 aliphatic carbocycles. The Hall–Kier alpha value is -2.70.